The molecule has 53 heavy (non-hydrogen) atoms. The summed E-state index contributed by atoms with van der Waals surface area (Å²) in [4.78, 5) is 21.1. The minimum atomic E-state index is 0. The van der Waals surface area contributed by atoms with Gasteiger partial charge >= 0.3 is 19.5 Å². The summed E-state index contributed by atoms with van der Waals surface area (Å²) in [6.45, 7) is 2.21. The van der Waals surface area contributed by atoms with E-state index in [0.717, 1.165) is 115 Å². The standard InChI is InChI=1S/C46H36N4O2.Zn/c1-4-5-17-35-37-20-24-41(47-37)45(31-13-9-15-33(28-31)51-2)43-26-22-39(49-43)36(19-18-30-11-7-6-8-12-30)40-23-27-44(50-40)46(42-25-21-38(35)48-42)32-14-10-16-34(29-32)52-3;/h6-16,20-29H,4-5,17H2,1-3H3;/q-2;+2. The number of benzene rings is 3. The first-order valence-corrected chi connectivity index (χ1v) is 17.5. The van der Waals surface area contributed by atoms with Crippen molar-refractivity contribution in [3.63, 3.8) is 0 Å². The SMILES string of the molecule is CCCCc1c2nc(c(-c3cccc(OC)c3)c3ccc([n-]3)c(C#Cc3ccccc3)c3nc(c(-c4cccc(OC)c4)c4ccc1[n-]4)C=C3)C=C2.[Zn+2]. The number of hydrogen-bond donors (Lipinski definition) is 0. The minimum absolute atomic E-state index is 0. The molecule has 254 valence electrons. The monoisotopic (exact) mass is 740 g/mol. The molecule has 5 heterocycles. The average molecular weight is 742 g/mol. The van der Waals surface area contributed by atoms with Crippen LogP contribution in [0.25, 0.3) is 68.6 Å². The number of nitrogens with zero attached hydrogens (tertiary/aromatic N) is 4. The predicted octanol–water partition coefficient (Wildman–Crippen LogP) is 10.0. The van der Waals surface area contributed by atoms with E-state index in [-0.39, 0.29) is 19.5 Å². The molecule has 6 nitrogen and oxygen atoms in total. The zero-order valence-corrected chi connectivity index (χ0v) is 33.0. The summed E-state index contributed by atoms with van der Waals surface area (Å²) in [7, 11) is 3.36. The normalized spacial score (nSPS) is 11.5. The van der Waals surface area contributed by atoms with Crippen LogP contribution in [0, 0.1) is 11.8 Å². The first kappa shape index (κ1) is 35.4. The first-order chi connectivity index (χ1) is 25.6. The van der Waals surface area contributed by atoms with Gasteiger partial charge in [0.1, 0.15) is 11.5 Å². The zero-order valence-electron chi connectivity index (χ0n) is 30.1. The molecule has 2 aliphatic heterocycles. The first-order valence-electron chi connectivity index (χ1n) is 17.5. The predicted molar refractivity (Wildman–Crippen MR) is 212 cm³/mol. The van der Waals surface area contributed by atoms with E-state index in [4.69, 9.17) is 29.4 Å². The number of fused-ring (bicyclic) bond motifs is 8. The van der Waals surface area contributed by atoms with Gasteiger partial charge in [0.15, 0.2) is 0 Å². The molecule has 0 saturated heterocycles. The fourth-order valence-corrected chi connectivity index (χ4v) is 6.69. The van der Waals surface area contributed by atoms with Gasteiger partial charge in [0, 0.05) is 11.1 Å². The zero-order chi connectivity index (χ0) is 35.4. The van der Waals surface area contributed by atoms with Crippen molar-refractivity contribution in [1.29, 1.82) is 0 Å². The van der Waals surface area contributed by atoms with E-state index >= 15 is 0 Å². The summed E-state index contributed by atoms with van der Waals surface area (Å²) >= 11 is 0. The van der Waals surface area contributed by atoms with Gasteiger partial charge in [-0.25, -0.2) is 9.97 Å². The molecule has 0 saturated carbocycles. The van der Waals surface area contributed by atoms with Crippen LogP contribution in [0.3, 0.4) is 0 Å². The quantitative estimate of drug-likeness (QED) is 0.120. The van der Waals surface area contributed by atoms with Crippen molar-refractivity contribution in [3.05, 3.63) is 143 Å². The van der Waals surface area contributed by atoms with Crippen molar-refractivity contribution in [1.82, 2.24) is 19.9 Å². The molecule has 6 aromatic rings. The second kappa shape index (κ2) is 15.7. The minimum Gasteiger partial charge on any atom is -0.657 e. The molecular formula is C46H36N4O2Zn. The number of methoxy groups -OCH3 is 2. The Morgan fingerprint density at radius 2 is 1.11 bits per heavy atom. The topological polar surface area (TPSA) is 72.4 Å². The molecule has 0 aliphatic carbocycles. The molecule has 0 fully saturated rings. The molecule has 8 bridgehead atoms. The summed E-state index contributed by atoms with van der Waals surface area (Å²) in [6, 6.07) is 34.3. The molecule has 0 amide bonds. The Morgan fingerprint density at radius 1 is 0.566 bits per heavy atom. The molecule has 0 N–H and O–H groups in total. The van der Waals surface area contributed by atoms with E-state index in [1.807, 2.05) is 91.0 Å². The Hall–Kier alpha value is -5.96. The van der Waals surface area contributed by atoms with Gasteiger partial charge < -0.3 is 19.4 Å². The number of aromatic nitrogens is 4. The van der Waals surface area contributed by atoms with E-state index in [1.54, 1.807) is 14.2 Å². The van der Waals surface area contributed by atoms with Crippen molar-refractivity contribution in [2.75, 3.05) is 14.2 Å². The van der Waals surface area contributed by atoms with Gasteiger partial charge in [0.05, 0.1) is 37.0 Å². The molecule has 3 aromatic carbocycles. The Balaban J connectivity index is 0.00000435. The molecule has 0 unspecified atom stereocenters. The van der Waals surface area contributed by atoms with Crippen LogP contribution in [-0.4, -0.2) is 24.2 Å². The van der Waals surface area contributed by atoms with Crippen molar-refractivity contribution in [3.8, 4) is 45.6 Å². The summed E-state index contributed by atoms with van der Waals surface area (Å²) < 4.78 is 11.3. The van der Waals surface area contributed by atoms with Crippen LogP contribution in [0.4, 0.5) is 0 Å². The maximum Gasteiger partial charge on any atom is 2.00 e. The molecule has 0 spiro atoms. The molecule has 8 rings (SSSR count). The van der Waals surface area contributed by atoms with Gasteiger partial charge in [0.25, 0.3) is 0 Å². The number of rotatable bonds is 7. The third-order valence-corrected chi connectivity index (χ3v) is 9.32. The van der Waals surface area contributed by atoms with Crippen LogP contribution in [0.1, 0.15) is 59.2 Å². The summed E-state index contributed by atoms with van der Waals surface area (Å²) in [5.41, 5.74) is 13.0. The Labute approximate surface area is 322 Å². The van der Waals surface area contributed by atoms with Crippen molar-refractivity contribution in [2.24, 2.45) is 0 Å². The van der Waals surface area contributed by atoms with E-state index < -0.39 is 0 Å². The van der Waals surface area contributed by atoms with Crippen molar-refractivity contribution in [2.45, 2.75) is 26.2 Å². The van der Waals surface area contributed by atoms with Gasteiger partial charge in [-0.05, 0) is 101 Å². The van der Waals surface area contributed by atoms with Gasteiger partial charge in [-0.1, -0.05) is 91.9 Å². The van der Waals surface area contributed by atoms with Crippen LogP contribution in [0.2, 0.25) is 0 Å². The van der Waals surface area contributed by atoms with E-state index in [0.29, 0.717) is 0 Å². The number of aryl methyl sites for hydroxylation is 1. The number of unbranched alkanes of at least 4 members (excludes halogenated alkanes) is 1. The number of hydrogen-bond acceptors (Lipinski definition) is 4. The van der Waals surface area contributed by atoms with Crippen LogP contribution in [-0.2, 0) is 25.9 Å². The van der Waals surface area contributed by atoms with Gasteiger partial charge in [0.2, 0.25) is 0 Å². The Kier molecular flexibility index (Phi) is 10.5. The van der Waals surface area contributed by atoms with E-state index in [2.05, 4.69) is 55.2 Å². The fraction of sp³-hybridized carbons (Fsp3) is 0.130. The largest absolute Gasteiger partial charge is 2.00 e. The second-order valence-electron chi connectivity index (χ2n) is 12.6. The van der Waals surface area contributed by atoms with E-state index in [1.165, 1.54) is 0 Å². The second-order valence-corrected chi connectivity index (χ2v) is 12.6. The Morgan fingerprint density at radius 3 is 1.74 bits per heavy atom. The maximum atomic E-state index is 5.64. The smallest absolute Gasteiger partial charge is 0.657 e. The summed E-state index contributed by atoms with van der Waals surface area (Å²) in [5, 5.41) is 0. The van der Waals surface area contributed by atoms with E-state index in [9.17, 15) is 0 Å². The molecule has 3 aromatic heterocycles. The van der Waals surface area contributed by atoms with Crippen LogP contribution < -0.4 is 19.4 Å². The summed E-state index contributed by atoms with van der Waals surface area (Å²) in [6.07, 6.45) is 11.2. The van der Waals surface area contributed by atoms with Gasteiger partial charge in [-0.3, -0.25) is 0 Å². The molecular weight excluding hydrogens is 706 g/mol. The summed E-state index contributed by atoms with van der Waals surface area (Å²) in [5.74, 6) is 8.34. The van der Waals surface area contributed by atoms with Crippen molar-refractivity contribution >= 4 is 46.4 Å². The molecule has 7 heteroatoms. The fourth-order valence-electron chi connectivity index (χ4n) is 6.69. The third-order valence-electron chi connectivity index (χ3n) is 9.32. The van der Waals surface area contributed by atoms with Crippen LogP contribution in [0.15, 0.2) is 103 Å². The van der Waals surface area contributed by atoms with Crippen molar-refractivity contribution < 1.29 is 29.0 Å². The van der Waals surface area contributed by atoms with Crippen LogP contribution in [0.5, 0.6) is 11.5 Å². The third kappa shape index (κ3) is 7.24. The average Bonchev–Trinajstić information content (AvgIpc) is 4.03. The molecule has 0 atom stereocenters. The Bertz CT molecular complexity index is 2560. The van der Waals surface area contributed by atoms with Crippen LogP contribution >= 0.6 is 0 Å². The van der Waals surface area contributed by atoms with Gasteiger partial charge in [-0.2, -0.15) is 0 Å². The molecule has 0 radical (unpaired) electrons. The maximum absolute atomic E-state index is 5.64. The number of ether oxygens (including phenoxy) is 2. The van der Waals surface area contributed by atoms with Gasteiger partial charge in [-0.15, -0.1) is 22.1 Å². The molecule has 2 aliphatic rings.